The number of nitrogens with two attached hydrogens (primary N) is 1. The number of nitrogens with zero attached hydrogens (tertiary/aromatic N) is 3. The number of hydrogen-bond acceptors (Lipinski definition) is 4. The number of aromatic nitrogens is 4. The number of hydrogen-bond donors (Lipinski definition) is 2. The summed E-state index contributed by atoms with van der Waals surface area (Å²) in [5, 5.41) is 3.90. The van der Waals surface area contributed by atoms with E-state index < -0.39 is 0 Å². The highest BCUT2D eigenvalue weighted by molar-refractivity contribution is 5.28. The molecule has 0 bridgehead atoms. The third-order valence-corrected chi connectivity index (χ3v) is 1.51. The highest BCUT2D eigenvalue weighted by atomic mass is 16.1. The Morgan fingerprint density at radius 3 is 3.00 bits per heavy atom. The van der Waals surface area contributed by atoms with Gasteiger partial charge in [-0.25, -0.2) is 9.67 Å². The van der Waals surface area contributed by atoms with E-state index in [0.29, 0.717) is 11.6 Å². The second kappa shape index (κ2) is 2.74. The average molecular weight is 177 g/mol. The Morgan fingerprint density at radius 1 is 1.54 bits per heavy atom. The second-order valence-corrected chi connectivity index (χ2v) is 2.45. The average Bonchev–Trinajstić information content (AvgIpc) is 2.52. The topological polar surface area (TPSA) is 89.6 Å². The molecule has 3 N–H and O–H groups in total. The van der Waals surface area contributed by atoms with Crippen LogP contribution in [-0.2, 0) is 0 Å². The zero-order chi connectivity index (χ0) is 9.26. The molecule has 0 saturated carbocycles. The van der Waals surface area contributed by atoms with Crippen LogP contribution >= 0.6 is 0 Å². The molecule has 0 aliphatic heterocycles. The molecule has 0 unspecified atom stereocenters. The van der Waals surface area contributed by atoms with E-state index in [1.54, 1.807) is 12.3 Å². The monoisotopic (exact) mass is 177 g/mol. The Kier molecular flexibility index (Phi) is 1.59. The maximum atomic E-state index is 10.9. The van der Waals surface area contributed by atoms with Crippen LogP contribution < -0.4 is 11.3 Å². The van der Waals surface area contributed by atoms with Crippen LogP contribution in [0.5, 0.6) is 0 Å². The van der Waals surface area contributed by atoms with Gasteiger partial charge in [0, 0.05) is 18.3 Å². The summed E-state index contributed by atoms with van der Waals surface area (Å²) in [6, 6.07) is 2.97. The SMILES string of the molecule is Nc1ccn(-c2cc(=O)[nH]cn2)n1. The number of nitrogens with one attached hydrogen (secondary N) is 1. The lowest BCUT2D eigenvalue weighted by Gasteiger charge is -1.96. The van der Waals surface area contributed by atoms with Crippen molar-refractivity contribution in [3.63, 3.8) is 0 Å². The summed E-state index contributed by atoms with van der Waals surface area (Å²) < 4.78 is 1.44. The van der Waals surface area contributed by atoms with Crippen molar-refractivity contribution in [2.45, 2.75) is 0 Å². The molecule has 2 aromatic heterocycles. The van der Waals surface area contributed by atoms with Crippen LogP contribution in [0, 0.1) is 0 Å². The van der Waals surface area contributed by atoms with Gasteiger partial charge in [-0.1, -0.05) is 0 Å². The van der Waals surface area contributed by atoms with Gasteiger partial charge in [-0.15, -0.1) is 5.10 Å². The van der Waals surface area contributed by atoms with Crippen molar-refractivity contribution in [2.24, 2.45) is 0 Å². The van der Waals surface area contributed by atoms with E-state index in [2.05, 4.69) is 15.1 Å². The van der Waals surface area contributed by atoms with E-state index in [9.17, 15) is 4.79 Å². The summed E-state index contributed by atoms with van der Waals surface area (Å²) >= 11 is 0. The maximum Gasteiger partial charge on any atom is 0.252 e. The summed E-state index contributed by atoms with van der Waals surface area (Å²) in [5.74, 6) is 0.836. The molecule has 0 radical (unpaired) electrons. The van der Waals surface area contributed by atoms with Gasteiger partial charge in [-0.3, -0.25) is 4.79 Å². The molecule has 6 heteroatoms. The van der Waals surface area contributed by atoms with Crippen molar-refractivity contribution in [3.05, 3.63) is 35.0 Å². The predicted molar refractivity (Wildman–Crippen MR) is 46.4 cm³/mol. The van der Waals surface area contributed by atoms with E-state index in [-0.39, 0.29) is 5.56 Å². The first kappa shape index (κ1) is 7.53. The fraction of sp³-hybridized carbons (Fsp3) is 0. The number of H-pyrrole nitrogens is 1. The van der Waals surface area contributed by atoms with Crippen LogP contribution in [0.4, 0.5) is 5.82 Å². The third kappa shape index (κ3) is 1.41. The lowest BCUT2D eigenvalue weighted by molar-refractivity contribution is 0.839. The molecule has 0 atom stereocenters. The minimum absolute atomic E-state index is 0.223. The van der Waals surface area contributed by atoms with Crippen molar-refractivity contribution in [1.82, 2.24) is 19.7 Å². The minimum atomic E-state index is -0.223. The first-order valence-corrected chi connectivity index (χ1v) is 3.62. The lowest BCUT2D eigenvalue weighted by Crippen LogP contribution is -2.09. The van der Waals surface area contributed by atoms with Gasteiger partial charge in [-0.2, -0.15) is 0 Å². The summed E-state index contributed by atoms with van der Waals surface area (Å²) in [5.41, 5.74) is 5.19. The Morgan fingerprint density at radius 2 is 2.38 bits per heavy atom. The first-order valence-electron chi connectivity index (χ1n) is 3.62. The van der Waals surface area contributed by atoms with Crippen LogP contribution in [0.3, 0.4) is 0 Å². The number of nitrogen functional groups attached to an aromatic ring is 1. The van der Waals surface area contributed by atoms with Gasteiger partial charge in [0.1, 0.15) is 5.82 Å². The zero-order valence-electron chi connectivity index (χ0n) is 6.64. The van der Waals surface area contributed by atoms with Crippen molar-refractivity contribution in [1.29, 1.82) is 0 Å². The number of rotatable bonds is 1. The first-order chi connectivity index (χ1) is 6.25. The van der Waals surface area contributed by atoms with E-state index >= 15 is 0 Å². The summed E-state index contributed by atoms with van der Waals surface area (Å²) in [6.07, 6.45) is 2.95. The van der Waals surface area contributed by atoms with Crippen molar-refractivity contribution in [2.75, 3.05) is 5.73 Å². The Hall–Kier alpha value is -2.11. The molecule has 2 heterocycles. The molecule has 13 heavy (non-hydrogen) atoms. The van der Waals surface area contributed by atoms with E-state index in [1.165, 1.54) is 17.1 Å². The van der Waals surface area contributed by atoms with E-state index in [1.807, 2.05) is 0 Å². The standard InChI is InChI=1S/C7H7N5O/c8-5-1-2-12(11-5)6-3-7(13)10-4-9-6/h1-4H,(H2,8,11)(H,9,10,13). The molecular weight excluding hydrogens is 170 g/mol. The predicted octanol–water partition coefficient (Wildman–Crippen LogP) is -0.462. The van der Waals surface area contributed by atoms with E-state index in [4.69, 9.17) is 5.73 Å². The normalized spacial score (nSPS) is 10.2. The minimum Gasteiger partial charge on any atom is -0.382 e. The number of aromatic amines is 1. The molecule has 66 valence electrons. The third-order valence-electron chi connectivity index (χ3n) is 1.51. The summed E-state index contributed by atoms with van der Waals surface area (Å²) in [4.78, 5) is 17.2. The van der Waals surface area contributed by atoms with Crippen molar-refractivity contribution in [3.8, 4) is 5.82 Å². The quantitative estimate of drug-likeness (QED) is 0.616. The molecule has 0 aromatic carbocycles. The van der Waals surface area contributed by atoms with Gasteiger partial charge in [0.25, 0.3) is 5.56 Å². The van der Waals surface area contributed by atoms with Crippen LogP contribution in [0.2, 0.25) is 0 Å². The molecule has 0 aliphatic carbocycles. The molecule has 0 amide bonds. The van der Waals surface area contributed by atoms with Crippen LogP contribution in [-0.4, -0.2) is 19.7 Å². The molecule has 2 rings (SSSR count). The molecule has 0 spiro atoms. The van der Waals surface area contributed by atoms with Crippen LogP contribution in [0.15, 0.2) is 29.5 Å². The molecule has 6 nitrogen and oxygen atoms in total. The van der Waals surface area contributed by atoms with Crippen molar-refractivity contribution >= 4 is 5.82 Å². The van der Waals surface area contributed by atoms with Crippen LogP contribution in [0.25, 0.3) is 5.82 Å². The van der Waals surface area contributed by atoms with Gasteiger partial charge in [0.05, 0.1) is 6.33 Å². The molecular formula is C7H7N5O. The lowest BCUT2D eigenvalue weighted by atomic mass is 10.6. The summed E-state index contributed by atoms with van der Waals surface area (Å²) in [7, 11) is 0. The van der Waals surface area contributed by atoms with Gasteiger partial charge >= 0.3 is 0 Å². The molecule has 2 aromatic rings. The smallest absolute Gasteiger partial charge is 0.252 e. The largest absolute Gasteiger partial charge is 0.382 e. The Bertz CT molecular complexity index is 471. The fourth-order valence-electron chi connectivity index (χ4n) is 0.949. The van der Waals surface area contributed by atoms with Crippen LogP contribution in [0.1, 0.15) is 0 Å². The van der Waals surface area contributed by atoms with Gasteiger partial charge < -0.3 is 10.7 Å². The fourth-order valence-corrected chi connectivity index (χ4v) is 0.949. The van der Waals surface area contributed by atoms with Gasteiger partial charge in [-0.05, 0) is 0 Å². The summed E-state index contributed by atoms with van der Waals surface area (Å²) in [6.45, 7) is 0. The highest BCUT2D eigenvalue weighted by Gasteiger charge is 1.99. The Labute approximate surface area is 73.0 Å². The second-order valence-electron chi connectivity index (χ2n) is 2.45. The number of anilines is 1. The Balaban J connectivity index is 2.52. The van der Waals surface area contributed by atoms with Gasteiger partial charge in [0.2, 0.25) is 0 Å². The highest BCUT2D eigenvalue weighted by Crippen LogP contribution is 2.01. The maximum absolute atomic E-state index is 10.9. The molecule has 0 aliphatic rings. The molecule has 0 saturated heterocycles. The van der Waals surface area contributed by atoms with Gasteiger partial charge in [0.15, 0.2) is 5.82 Å². The zero-order valence-corrected chi connectivity index (χ0v) is 6.64. The molecule has 0 fully saturated rings. The van der Waals surface area contributed by atoms with E-state index in [0.717, 1.165) is 0 Å². The van der Waals surface area contributed by atoms with Crippen molar-refractivity contribution < 1.29 is 0 Å².